The molecule has 20 heavy (non-hydrogen) atoms. The number of rotatable bonds is 5. The normalized spacial score (nSPS) is 12.3. The van der Waals surface area contributed by atoms with Crippen LogP contribution in [0, 0.1) is 0 Å². The zero-order chi connectivity index (χ0) is 14.5. The number of fused-ring (bicyclic) bond motifs is 1. The highest BCUT2D eigenvalue weighted by Gasteiger charge is 2.09. The Bertz CT molecular complexity index is 615. The molecule has 0 bridgehead atoms. The molecule has 0 spiro atoms. The van der Waals surface area contributed by atoms with Crippen LogP contribution in [0.4, 0.5) is 0 Å². The first kappa shape index (κ1) is 14.8. The van der Waals surface area contributed by atoms with Crippen LogP contribution in [0.5, 0.6) is 0 Å². The van der Waals surface area contributed by atoms with E-state index in [1.165, 1.54) is 0 Å². The Morgan fingerprint density at radius 1 is 1.35 bits per heavy atom. The van der Waals surface area contributed by atoms with Crippen LogP contribution in [0.15, 0.2) is 30.3 Å². The van der Waals surface area contributed by atoms with Gasteiger partial charge >= 0.3 is 0 Å². The van der Waals surface area contributed by atoms with Gasteiger partial charge in [0.25, 0.3) is 5.91 Å². The molecule has 0 aliphatic heterocycles. The number of halogens is 1. The first-order valence-corrected chi connectivity index (χ1v) is 7.06. The fourth-order valence-electron chi connectivity index (χ4n) is 1.97. The summed E-state index contributed by atoms with van der Waals surface area (Å²) in [7, 11) is 0. The van der Waals surface area contributed by atoms with Gasteiger partial charge in [-0.05, 0) is 31.7 Å². The number of likely N-dealkylation sites (N-methyl/N-ethyl adjacent to an activating group) is 1. The quantitative estimate of drug-likeness (QED) is 0.890. The molecule has 106 valence electrons. The molecule has 0 aliphatic carbocycles. The second-order valence-electron chi connectivity index (χ2n) is 4.70. The van der Waals surface area contributed by atoms with Crippen molar-refractivity contribution in [2.75, 3.05) is 13.1 Å². The minimum absolute atomic E-state index is 0.170. The third kappa shape index (κ3) is 3.68. The average Bonchev–Trinajstić information content (AvgIpc) is 2.44. The molecule has 1 heterocycles. The number of carbonyl (C=O) groups is 1. The van der Waals surface area contributed by atoms with E-state index in [1.54, 1.807) is 12.1 Å². The van der Waals surface area contributed by atoms with Gasteiger partial charge in [0.1, 0.15) is 5.69 Å². The molecular formula is C15H18ClN3O. The topological polar surface area (TPSA) is 54.0 Å². The number of hydrogen-bond acceptors (Lipinski definition) is 3. The second kappa shape index (κ2) is 6.68. The van der Waals surface area contributed by atoms with E-state index in [0.717, 1.165) is 17.4 Å². The molecule has 0 saturated carbocycles. The fraction of sp³-hybridized carbons (Fsp3) is 0.333. The van der Waals surface area contributed by atoms with E-state index in [-0.39, 0.29) is 11.9 Å². The van der Waals surface area contributed by atoms with Crippen LogP contribution in [0.25, 0.3) is 10.9 Å². The van der Waals surface area contributed by atoms with E-state index in [1.807, 2.05) is 32.0 Å². The Labute approximate surface area is 123 Å². The Kier molecular flexibility index (Phi) is 4.93. The zero-order valence-corrected chi connectivity index (χ0v) is 12.4. The first-order valence-electron chi connectivity index (χ1n) is 6.68. The highest BCUT2D eigenvalue weighted by Crippen LogP contribution is 2.17. The maximum atomic E-state index is 12.0. The zero-order valence-electron chi connectivity index (χ0n) is 11.6. The van der Waals surface area contributed by atoms with Gasteiger partial charge in [-0.15, -0.1) is 0 Å². The number of carbonyl (C=O) groups excluding carboxylic acids is 1. The lowest BCUT2D eigenvalue weighted by Crippen LogP contribution is -2.39. The van der Waals surface area contributed by atoms with Gasteiger partial charge in [0, 0.05) is 23.0 Å². The summed E-state index contributed by atoms with van der Waals surface area (Å²) in [5, 5.41) is 7.68. The summed E-state index contributed by atoms with van der Waals surface area (Å²) in [6, 6.07) is 9.29. The number of aromatic nitrogens is 1. The van der Waals surface area contributed by atoms with Crippen molar-refractivity contribution < 1.29 is 4.79 Å². The van der Waals surface area contributed by atoms with Gasteiger partial charge in [-0.25, -0.2) is 4.98 Å². The molecule has 2 N–H and O–H groups in total. The van der Waals surface area contributed by atoms with Crippen molar-refractivity contribution in [1.82, 2.24) is 15.6 Å². The lowest BCUT2D eigenvalue weighted by molar-refractivity contribution is 0.0945. The van der Waals surface area contributed by atoms with Crippen molar-refractivity contribution in [2.45, 2.75) is 19.9 Å². The summed E-state index contributed by atoms with van der Waals surface area (Å²) in [6.07, 6.45) is 0. The van der Waals surface area contributed by atoms with Crippen molar-refractivity contribution in [3.05, 3.63) is 41.0 Å². The summed E-state index contributed by atoms with van der Waals surface area (Å²) in [4.78, 5) is 16.4. The van der Waals surface area contributed by atoms with Crippen molar-refractivity contribution in [3.63, 3.8) is 0 Å². The van der Waals surface area contributed by atoms with Crippen LogP contribution < -0.4 is 10.6 Å². The molecule has 1 atom stereocenters. The monoisotopic (exact) mass is 291 g/mol. The molecule has 0 aliphatic rings. The lowest BCUT2D eigenvalue weighted by atomic mass is 10.2. The number of pyridine rings is 1. The number of hydrogen-bond donors (Lipinski definition) is 2. The Morgan fingerprint density at radius 2 is 2.10 bits per heavy atom. The van der Waals surface area contributed by atoms with Gasteiger partial charge in [0.15, 0.2) is 0 Å². The molecule has 0 unspecified atom stereocenters. The molecule has 0 radical (unpaired) electrons. The van der Waals surface area contributed by atoms with Gasteiger partial charge in [0.2, 0.25) is 0 Å². The van der Waals surface area contributed by atoms with Crippen LogP contribution in [0.3, 0.4) is 0 Å². The minimum atomic E-state index is -0.170. The Morgan fingerprint density at radius 3 is 2.85 bits per heavy atom. The van der Waals surface area contributed by atoms with Crippen LogP contribution in [0.2, 0.25) is 5.02 Å². The van der Waals surface area contributed by atoms with Gasteiger partial charge in [-0.2, -0.15) is 0 Å². The van der Waals surface area contributed by atoms with Gasteiger partial charge in [-0.1, -0.05) is 30.7 Å². The highest BCUT2D eigenvalue weighted by atomic mass is 35.5. The molecule has 5 heteroatoms. The summed E-state index contributed by atoms with van der Waals surface area (Å²) in [6.45, 7) is 5.51. The minimum Gasteiger partial charge on any atom is -0.349 e. The third-order valence-corrected chi connectivity index (χ3v) is 3.24. The standard InChI is InChI=1S/C15H18ClN3O/c1-3-17-10(2)9-18-15(20)13-7-5-11-4-6-12(16)8-14(11)19-13/h4-8,10,17H,3,9H2,1-2H3,(H,18,20)/t10-/m1/s1. The van der Waals surface area contributed by atoms with E-state index >= 15 is 0 Å². The van der Waals surface area contributed by atoms with Gasteiger partial charge in [0.05, 0.1) is 5.52 Å². The van der Waals surface area contributed by atoms with Gasteiger partial charge in [-0.3, -0.25) is 4.79 Å². The molecule has 2 aromatic rings. The highest BCUT2D eigenvalue weighted by molar-refractivity contribution is 6.31. The maximum Gasteiger partial charge on any atom is 0.269 e. The summed E-state index contributed by atoms with van der Waals surface area (Å²) in [5.74, 6) is -0.170. The van der Waals surface area contributed by atoms with Crippen LogP contribution in [-0.4, -0.2) is 30.0 Å². The number of benzene rings is 1. The predicted molar refractivity (Wildman–Crippen MR) is 82.2 cm³/mol. The molecule has 1 aromatic heterocycles. The predicted octanol–water partition coefficient (Wildman–Crippen LogP) is 2.62. The van der Waals surface area contributed by atoms with E-state index < -0.39 is 0 Å². The summed E-state index contributed by atoms with van der Waals surface area (Å²) < 4.78 is 0. The fourth-order valence-corrected chi connectivity index (χ4v) is 2.14. The molecule has 4 nitrogen and oxygen atoms in total. The summed E-state index contributed by atoms with van der Waals surface area (Å²) in [5.41, 5.74) is 1.13. The number of nitrogens with zero attached hydrogens (tertiary/aromatic N) is 1. The number of nitrogens with one attached hydrogen (secondary N) is 2. The van der Waals surface area contributed by atoms with Crippen molar-refractivity contribution in [2.24, 2.45) is 0 Å². The molecule has 2 rings (SSSR count). The third-order valence-electron chi connectivity index (χ3n) is 3.01. The summed E-state index contributed by atoms with van der Waals surface area (Å²) >= 11 is 5.94. The van der Waals surface area contributed by atoms with Crippen molar-refractivity contribution in [3.8, 4) is 0 Å². The van der Waals surface area contributed by atoms with Gasteiger partial charge < -0.3 is 10.6 Å². The largest absolute Gasteiger partial charge is 0.349 e. The molecule has 1 amide bonds. The molecule has 0 saturated heterocycles. The van der Waals surface area contributed by atoms with Crippen LogP contribution in [-0.2, 0) is 0 Å². The molecule has 1 aromatic carbocycles. The Hall–Kier alpha value is -1.65. The van der Waals surface area contributed by atoms with E-state index in [0.29, 0.717) is 17.3 Å². The van der Waals surface area contributed by atoms with E-state index in [4.69, 9.17) is 11.6 Å². The van der Waals surface area contributed by atoms with E-state index in [9.17, 15) is 4.79 Å². The SMILES string of the molecule is CCN[C@H](C)CNC(=O)c1ccc2ccc(Cl)cc2n1. The van der Waals surface area contributed by atoms with Crippen LogP contribution in [0.1, 0.15) is 24.3 Å². The average molecular weight is 292 g/mol. The smallest absolute Gasteiger partial charge is 0.269 e. The molecule has 0 fully saturated rings. The molecular weight excluding hydrogens is 274 g/mol. The first-order chi connectivity index (χ1) is 9.60. The van der Waals surface area contributed by atoms with Crippen molar-refractivity contribution in [1.29, 1.82) is 0 Å². The Balaban J connectivity index is 2.10. The van der Waals surface area contributed by atoms with Crippen molar-refractivity contribution >= 4 is 28.4 Å². The number of amides is 1. The van der Waals surface area contributed by atoms with Crippen LogP contribution >= 0.6 is 11.6 Å². The second-order valence-corrected chi connectivity index (χ2v) is 5.14. The maximum absolute atomic E-state index is 12.0. The lowest BCUT2D eigenvalue weighted by Gasteiger charge is -2.13. The van der Waals surface area contributed by atoms with E-state index in [2.05, 4.69) is 15.6 Å².